The minimum absolute atomic E-state index is 0.197. The van der Waals surface area contributed by atoms with E-state index in [0.717, 1.165) is 22.0 Å². The molecule has 0 fully saturated rings. The summed E-state index contributed by atoms with van der Waals surface area (Å²) in [6.45, 7) is 2.72. The number of para-hydroxylation sites is 1. The highest BCUT2D eigenvalue weighted by molar-refractivity contribution is 7.11. The molecule has 1 N–H and O–H groups in total. The monoisotopic (exact) mass is 366 g/mol. The van der Waals surface area contributed by atoms with Crippen LogP contribution in [0.3, 0.4) is 0 Å². The van der Waals surface area contributed by atoms with Gasteiger partial charge in [-0.2, -0.15) is 10.1 Å². The molecule has 0 amide bonds. The summed E-state index contributed by atoms with van der Waals surface area (Å²) >= 11 is 1.68. The van der Waals surface area contributed by atoms with Gasteiger partial charge >= 0.3 is 0 Å². The number of hydrogen-bond donors (Lipinski definition) is 1. The zero-order valence-electron chi connectivity index (χ0n) is 14.5. The quantitative estimate of drug-likeness (QED) is 0.587. The molecule has 8 heteroatoms. The fourth-order valence-corrected chi connectivity index (χ4v) is 3.66. The fraction of sp³-hybridized carbons (Fsp3) is 0.222. The van der Waals surface area contributed by atoms with Crippen LogP contribution >= 0.6 is 11.3 Å². The molecule has 4 rings (SSSR count). The molecule has 0 atom stereocenters. The first-order chi connectivity index (χ1) is 12.7. The average Bonchev–Trinajstić information content (AvgIpc) is 3.29. The topological polar surface area (TPSA) is 79.7 Å². The molecule has 0 aliphatic carbocycles. The van der Waals surface area contributed by atoms with E-state index in [2.05, 4.69) is 27.0 Å². The number of fused-ring (bicyclic) bond motifs is 1. The first-order valence-corrected chi connectivity index (χ1v) is 9.15. The molecule has 0 aliphatic heterocycles. The van der Waals surface area contributed by atoms with E-state index in [4.69, 9.17) is 0 Å². The van der Waals surface area contributed by atoms with Gasteiger partial charge in [0, 0.05) is 18.1 Å². The number of nitrogens with zero attached hydrogens (tertiary/aromatic N) is 5. The molecule has 0 bridgehead atoms. The minimum Gasteiger partial charge on any atom is -0.340 e. The summed E-state index contributed by atoms with van der Waals surface area (Å²) in [5, 5.41) is 5.91. The number of nitrogens with one attached hydrogen (secondary N) is 1. The van der Waals surface area contributed by atoms with Crippen molar-refractivity contribution in [3.63, 3.8) is 0 Å². The lowest BCUT2D eigenvalue weighted by Crippen LogP contribution is -2.22. The Balaban J connectivity index is 1.72. The highest BCUT2D eigenvalue weighted by Gasteiger charge is 2.14. The Morgan fingerprint density at radius 3 is 2.77 bits per heavy atom. The van der Waals surface area contributed by atoms with Crippen molar-refractivity contribution in [1.29, 1.82) is 0 Å². The Labute approximate surface area is 154 Å². The summed E-state index contributed by atoms with van der Waals surface area (Å²) in [7, 11) is 1.90. The maximum Gasteiger partial charge on any atom is 0.263 e. The van der Waals surface area contributed by atoms with Gasteiger partial charge in [-0.15, -0.1) is 11.3 Å². The van der Waals surface area contributed by atoms with Crippen LogP contribution in [0.1, 0.15) is 16.8 Å². The lowest BCUT2D eigenvalue weighted by molar-refractivity contribution is 0.858. The van der Waals surface area contributed by atoms with Crippen molar-refractivity contribution in [1.82, 2.24) is 24.7 Å². The fourth-order valence-electron chi connectivity index (χ4n) is 2.74. The largest absolute Gasteiger partial charge is 0.340 e. The predicted molar refractivity (Wildman–Crippen MR) is 103 cm³/mol. The minimum atomic E-state index is -0.197. The second-order valence-electron chi connectivity index (χ2n) is 5.95. The Morgan fingerprint density at radius 2 is 2.04 bits per heavy atom. The van der Waals surface area contributed by atoms with Crippen molar-refractivity contribution in [2.75, 3.05) is 11.9 Å². The number of aryl methyl sites for hydroxylation is 1. The summed E-state index contributed by atoms with van der Waals surface area (Å²) in [5.41, 5.74) is 1.21. The molecule has 4 aromatic rings. The lowest BCUT2D eigenvalue weighted by atomic mass is 10.3. The molecule has 3 aromatic heterocycles. The van der Waals surface area contributed by atoms with Crippen LogP contribution in [0.4, 0.5) is 5.95 Å². The molecule has 0 aliphatic rings. The van der Waals surface area contributed by atoms with Crippen LogP contribution in [0.5, 0.6) is 0 Å². The van der Waals surface area contributed by atoms with Crippen LogP contribution in [0.2, 0.25) is 0 Å². The summed E-state index contributed by atoms with van der Waals surface area (Å²) in [4.78, 5) is 27.4. The summed E-state index contributed by atoms with van der Waals surface area (Å²) in [6.07, 6.45) is 4.35. The maximum absolute atomic E-state index is 12.5. The van der Waals surface area contributed by atoms with Crippen LogP contribution < -0.4 is 10.5 Å². The van der Waals surface area contributed by atoms with Crippen molar-refractivity contribution in [3.05, 3.63) is 63.0 Å². The van der Waals surface area contributed by atoms with Crippen molar-refractivity contribution in [2.45, 2.75) is 19.9 Å². The smallest absolute Gasteiger partial charge is 0.263 e. The number of benzene rings is 1. The molecule has 0 saturated carbocycles. The first kappa shape index (κ1) is 16.5. The molecule has 3 heterocycles. The van der Waals surface area contributed by atoms with E-state index in [9.17, 15) is 4.79 Å². The number of aromatic nitrogens is 5. The molecule has 132 valence electrons. The van der Waals surface area contributed by atoms with E-state index < -0.39 is 0 Å². The number of H-pyrrole nitrogens is 1. The third-order valence-electron chi connectivity index (χ3n) is 4.08. The Morgan fingerprint density at radius 1 is 1.23 bits per heavy atom. The van der Waals surface area contributed by atoms with E-state index >= 15 is 0 Å². The van der Waals surface area contributed by atoms with Gasteiger partial charge in [0.1, 0.15) is 5.39 Å². The average molecular weight is 366 g/mol. The van der Waals surface area contributed by atoms with Crippen LogP contribution in [-0.4, -0.2) is 31.8 Å². The molecular formula is C18H18N6OS. The van der Waals surface area contributed by atoms with Gasteiger partial charge in [-0.25, -0.2) is 9.67 Å². The van der Waals surface area contributed by atoms with E-state index in [1.54, 1.807) is 22.2 Å². The molecule has 0 saturated heterocycles. The van der Waals surface area contributed by atoms with Gasteiger partial charge in [-0.05, 0) is 18.6 Å². The number of rotatable bonds is 5. The van der Waals surface area contributed by atoms with Crippen molar-refractivity contribution in [2.24, 2.45) is 0 Å². The van der Waals surface area contributed by atoms with Gasteiger partial charge in [-0.3, -0.25) is 9.78 Å². The SMILES string of the molecule is CCc1ncc(CN(C)c2nc3c(cnn3-c3ccccc3)c(=O)[nH]2)s1. The van der Waals surface area contributed by atoms with Gasteiger partial charge < -0.3 is 4.90 Å². The normalized spacial score (nSPS) is 11.2. The number of hydrogen-bond acceptors (Lipinski definition) is 6. The van der Waals surface area contributed by atoms with Gasteiger partial charge in [0.05, 0.1) is 23.4 Å². The van der Waals surface area contributed by atoms with Gasteiger partial charge in [0.25, 0.3) is 5.56 Å². The zero-order chi connectivity index (χ0) is 18.1. The van der Waals surface area contributed by atoms with E-state index in [0.29, 0.717) is 23.5 Å². The van der Waals surface area contributed by atoms with Gasteiger partial charge in [-0.1, -0.05) is 25.1 Å². The maximum atomic E-state index is 12.5. The third kappa shape index (κ3) is 2.99. The first-order valence-electron chi connectivity index (χ1n) is 8.34. The summed E-state index contributed by atoms with van der Waals surface area (Å²) in [5.74, 6) is 0.506. The Bertz CT molecular complexity index is 1100. The van der Waals surface area contributed by atoms with Crippen LogP contribution in [0, 0.1) is 0 Å². The Kier molecular flexibility index (Phi) is 4.26. The second kappa shape index (κ2) is 6.72. The van der Waals surface area contributed by atoms with E-state index in [1.807, 2.05) is 48.5 Å². The highest BCUT2D eigenvalue weighted by atomic mass is 32.1. The predicted octanol–water partition coefficient (Wildman–Crippen LogP) is 2.76. The van der Waals surface area contributed by atoms with Gasteiger partial charge in [0.2, 0.25) is 5.95 Å². The van der Waals surface area contributed by atoms with E-state index in [-0.39, 0.29) is 5.56 Å². The van der Waals surface area contributed by atoms with Crippen molar-refractivity contribution in [3.8, 4) is 5.69 Å². The standard InChI is InChI=1S/C18H18N6OS/c1-3-15-19-9-13(26-15)11-23(2)18-21-16-14(17(25)22-18)10-20-24(16)12-7-5-4-6-8-12/h4-10H,3,11H2,1-2H3,(H,21,22,25). The van der Waals surface area contributed by atoms with Crippen molar-refractivity contribution < 1.29 is 0 Å². The number of aromatic amines is 1. The summed E-state index contributed by atoms with van der Waals surface area (Å²) in [6, 6.07) is 9.66. The third-order valence-corrected chi connectivity index (χ3v) is 5.21. The molecule has 0 unspecified atom stereocenters. The molecule has 0 radical (unpaired) electrons. The Hall–Kier alpha value is -3.00. The highest BCUT2D eigenvalue weighted by Crippen LogP contribution is 2.19. The van der Waals surface area contributed by atoms with Crippen LogP contribution in [0.15, 0.2) is 47.5 Å². The van der Waals surface area contributed by atoms with Crippen LogP contribution in [-0.2, 0) is 13.0 Å². The zero-order valence-corrected chi connectivity index (χ0v) is 15.3. The van der Waals surface area contributed by atoms with Crippen molar-refractivity contribution >= 4 is 28.3 Å². The molecule has 7 nitrogen and oxygen atoms in total. The second-order valence-corrected chi connectivity index (χ2v) is 7.15. The lowest BCUT2D eigenvalue weighted by Gasteiger charge is -2.16. The molecule has 0 spiro atoms. The van der Waals surface area contributed by atoms with Crippen LogP contribution in [0.25, 0.3) is 16.7 Å². The number of anilines is 1. The van der Waals surface area contributed by atoms with E-state index in [1.165, 1.54) is 0 Å². The molecular weight excluding hydrogens is 348 g/mol. The summed E-state index contributed by atoms with van der Waals surface area (Å²) < 4.78 is 1.68. The number of thiazole rings is 1. The molecule has 1 aromatic carbocycles. The van der Waals surface area contributed by atoms with Gasteiger partial charge in [0.15, 0.2) is 5.65 Å². The molecule has 26 heavy (non-hydrogen) atoms.